The third-order valence-electron chi connectivity index (χ3n) is 4.45. The van der Waals surface area contributed by atoms with Crippen LogP contribution in [0.4, 0.5) is 0 Å². The minimum atomic E-state index is -0.162. The maximum Gasteiger partial charge on any atom is 0.161 e. The lowest BCUT2D eigenvalue weighted by molar-refractivity contribution is 0.0245. The van der Waals surface area contributed by atoms with Crippen LogP contribution in [0.1, 0.15) is 37.7 Å². The smallest absolute Gasteiger partial charge is 0.161 e. The lowest BCUT2D eigenvalue weighted by Gasteiger charge is -2.39. The highest BCUT2D eigenvalue weighted by atomic mass is 16.5. The van der Waals surface area contributed by atoms with Crippen molar-refractivity contribution in [2.45, 2.75) is 43.7 Å². The highest BCUT2D eigenvalue weighted by Crippen LogP contribution is 2.42. The molecule has 1 heterocycles. The van der Waals surface area contributed by atoms with Gasteiger partial charge < -0.3 is 19.9 Å². The maximum absolute atomic E-state index is 6.37. The number of hydrogen-bond donors (Lipinski definition) is 1. The number of nitrogens with two attached hydrogens (primary N) is 1. The van der Waals surface area contributed by atoms with Gasteiger partial charge in [-0.05, 0) is 37.0 Å². The van der Waals surface area contributed by atoms with Crippen molar-refractivity contribution in [2.75, 3.05) is 20.3 Å². The number of benzene rings is 1. The molecule has 4 nitrogen and oxygen atoms in total. The van der Waals surface area contributed by atoms with Crippen molar-refractivity contribution in [3.63, 3.8) is 0 Å². The number of rotatable bonds is 4. The van der Waals surface area contributed by atoms with Crippen LogP contribution in [0.25, 0.3) is 0 Å². The van der Waals surface area contributed by atoms with Gasteiger partial charge in [-0.15, -0.1) is 0 Å². The molecule has 4 heteroatoms. The van der Waals surface area contributed by atoms with E-state index in [-0.39, 0.29) is 11.6 Å². The molecule has 2 N–H and O–H groups in total. The molecule has 1 aromatic rings. The van der Waals surface area contributed by atoms with Crippen LogP contribution in [-0.2, 0) is 10.3 Å². The van der Waals surface area contributed by atoms with Crippen molar-refractivity contribution in [2.24, 2.45) is 5.73 Å². The van der Waals surface area contributed by atoms with Crippen molar-refractivity contribution in [3.8, 4) is 11.5 Å². The summed E-state index contributed by atoms with van der Waals surface area (Å²) >= 11 is 0. The van der Waals surface area contributed by atoms with Gasteiger partial charge in [-0.2, -0.15) is 0 Å². The largest absolute Gasteiger partial charge is 0.493 e. The fourth-order valence-electron chi connectivity index (χ4n) is 2.89. The Morgan fingerprint density at radius 2 is 1.95 bits per heavy atom. The Balaban J connectivity index is 1.77. The van der Waals surface area contributed by atoms with Crippen molar-refractivity contribution < 1.29 is 14.2 Å². The van der Waals surface area contributed by atoms with E-state index in [9.17, 15) is 0 Å². The van der Waals surface area contributed by atoms with E-state index in [1.807, 2.05) is 12.1 Å². The van der Waals surface area contributed by atoms with Gasteiger partial charge in [0.1, 0.15) is 6.10 Å². The Morgan fingerprint density at radius 3 is 2.55 bits per heavy atom. The molecule has 1 aliphatic heterocycles. The summed E-state index contributed by atoms with van der Waals surface area (Å²) in [7, 11) is 1.68. The summed E-state index contributed by atoms with van der Waals surface area (Å²) < 4.78 is 16.9. The third kappa shape index (κ3) is 2.63. The molecule has 0 spiro atoms. The van der Waals surface area contributed by atoms with Gasteiger partial charge in [0.2, 0.25) is 0 Å². The molecule has 1 aromatic carbocycles. The van der Waals surface area contributed by atoms with Crippen molar-refractivity contribution in [3.05, 3.63) is 23.8 Å². The molecular formula is C16H23NO3. The second-order valence-electron chi connectivity index (χ2n) is 5.80. The van der Waals surface area contributed by atoms with Crippen LogP contribution in [0.15, 0.2) is 18.2 Å². The average molecular weight is 277 g/mol. The zero-order chi connectivity index (χ0) is 14.0. The summed E-state index contributed by atoms with van der Waals surface area (Å²) in [6.45, 7) is 1.55. The predicted octanol–water partition coefficient (Wildman–Crippen LogP) is 2.59. The van der Waals surface area contributed by atoms with Crippen LogP contribution in [-0.4, -0.2) is 26.4 Å². The molecule has 0 unspecified atom stereocenters. The van der Waals surface area contributed by atoms with Gasteiger partial charge in [-0.1, -0.05) is 6.07 Å². The quantitative estimate of drug-likeness (QED) is 0.919. The van der Waals surface area contributed by atoms with E-state index in [0.717, 1.165) is 56.0 Å². The van der Waals surface area contributed by atoms with Crippen LogP contribution in [0, 0.1) is 0 Å². The van der Waals surface area contributed by atoms with Crippen LogP contribution in [0.5, 0.6) is 11.5 Å². The Labute approximate surface area is 120 Å². The molecule has 0 radical (unpaired) electrons. The fraction of sp³-hybridized carbons (Fsp3) is 0.625. The topological polar surface area (TPSA) is 53.7 Å². The summed E-state index contributed by atoms with van der Waals surface area (Å²) in [6, 6.07) is 6.11. The van der Waals surface area contributed by atoms with E-state index in [1.165, 1.54) is 6.42 Å². The van der Waals surface area contributed by atoms with E-state index in [2.05, 4.69) is 6.07 Å². The van der Waals surface area contributed by atoms with E-state index in [0.29, 0.717) is 0 Å². The molecule has 0 atom stereocenters. The van der Waals surface area contributed by atoms with Crippen molar-refractivity contribution in [1.82, 2.24) is 0 Å². The van der Waals surface area contributed by atoms with E-state index in [1.54, 1.807) is 7.11 Å². The maximum atomic E-state index is 6.37. The summed E-state index contributed by atoms with van der Waals surface area (Å²) in [4.78, 5) is 0. The van der Waals surface area contributed by atoms with Gasteiger partial charge in [0.05, 0.1) is 20.3 Å². The molecular weight excluding hydrogens is 254 g/mol. The van der Waals surface area contributed by atoms with Crippen molar-refractivity contribution in [1.29, 1.82) is 0 Å². The average Bonchev–Trinajstić information content (AvgIpc) is 2.46. The highest BCUT2D eigenvalue weighted by molar-refractivity contribution is 5.45. The number of methoxy groups -OCH3 is 1. The summed E-state index contributed by atoms with van der Waals surface area (Å²) in [5.74, 6) is 1.59. The number of hydrogen-bond acceptors (Lipinski definition) is 4. The van der Waals surface area contributed by atoms with Gasteiger partial charge in [0.25, 0.3) is 0 Å². The van der Waals surface area contributed by atoms with Crippen LogP contribution in [0.3, 0.4) is 0 Å². The second-order valence-corrected chi connectivity index (χ2v) is 5.80. The highest BCUT2D eigenvalue weighted by Gasteiger charge is 2.35. The van der Waals surface area contributed by atoms with Gasteiger partial charge in [0.15, 0.2) is 11.5 Å². The van der Waals surface area contributed by atoms with E-state index >= 15 is 0 Å². The van der Waals surface area contributed by atoms with Crippen LogP contribution in [0.2, 0.25) is 0 Å². The van der Waals surface area contributed by atoms with Crippen LogP contribution >= 0.6 is 0 Å². The summed E-state index contributed by atoms with van der Waals surface area (Å²) in [5, 5.41) is 0. The molecule has 2 aliphatic rings. The zero-order valence-corrected chi connectivity index (χ0v) is 12.1. The molecule has 0 aromatic heterocycles. The monoisotopic (exact) mass is 277 g/mol. The normalized spacial score (nSPS) is 22.1. The molecule has 2 fully saturated rings. The fourth-order valence-corrected chi connectivity index (χ4v) is 2.89. The number of ether oxygens (including phenoxy) is 3. The summed E-state index contributed by atoms with van der Waals surface area (Å²) in [5.41, 5.74) is 7.36. The molecule has 1 saturated heterocycles. The van der Waals surface area contributed by atoms with Gasteiger partial charge in [0, 0.05) is 18.4 Å². The first-order valence-corrected chi connectivity index (χ1v) is 7.43. The Bertz CT molecular complexity index is 465. The summed E-state index contributed by atoms with van der Waals surface area (Å²) in [6.07, 6.45) is 5.41. The Hall–Kier alpha value is -1.26. The molecule has 0 bridgehead atoms. The molecule has 0 amide bonds. The third-order valence-corrected chi connectivity index (χ3v) is 4.45. The minimum Gasteiger partial charge on any atom is -0.493 e. The van der Waals surface area contributed by atoms with E-state index < -0.39 is 0 Å². The van der Waals surface area contributed by atoms with Gasteiger partial charge in [-0.25, -0.2) is 0 Å². The van der Waals surface area contributed by atoms with Gasteiger partial charge >= 0.3 is 0 Å². The van der Waals surface area contributed by atoms with Crippen LogP contribution < -0.4 is 15.2 Å². The molecule has 20 heavy (non-hydrogen) atoms. The zero-order valence-electron chi connectivity index (χ0n) is 12.1. The SMILES string of the molecule is COc1cc(C2(N)CCC2)ccc1OC1CCOCC1. The second kappa shape index (κ2) is 5.62. The van der Waals surface area contributed by atoms with Gasteiger partial charge in [-0.3, -0.25) is 0 Å². The first kappa shape index (κ1) is 13.7. The predicted molar refractivity (Wildman–Crippen MR) is 77.2 cm³/mol. The molecule has 1 saturated carbocycles. The standard InChI is InChI=1S/C16H23NO3/c1-18-15-11-12(16(17)7-2-8-16)3-4-14(15)20-13-5-9-19-10-6-13/h3-4,11,13H,2,5-10,17H2,1H3. The Morgan fingerprint density at radius 1 is 1.20 bits per heavy atom. The lowest BCUT2D eigenvalue weighted by atomic mass is 9.73. The first-order chi connectivity index (χ1) is 9.71. The Kier molecular flexibility index (Phi) is 3.85. The van der Waals surface area contributed by atoms with Crippen molar-refractivity contribution >= 4 is 0 Å². The molecule has 3 rings (SSSR count). The molecule has 1 aliphatic carbocycles. The van der Waals surface area contributed by atoms with E-state index in [4.69, 9.17) is 19.9 Å². The first-order valence-electron chi connectivity index (χ1n) is 7.43. The minimum absolute atomic E-state index is 0.162. The lowest BCUT2D eigenvalue weighted by Crippen LogP contribution is -2.43. The molecule has 110 valence electrons.